The van der Waals surface area contributed by atoms with Gasteiger partial charge in [-0.1, -0.05) is 18.2 Å². The second-order valence-corrected chi connectivity index (χ2v) is 3.35. The normalized spacial score (nSPS) is 10.9. The third-order valence-corrected chi connectivity index (χ3v) is 2.25. The minimum absolute atomic E-state index is 0.385. The number of para-hydroxylation sites is 1. The van der Waals surface area contributed by atoms with Crippen molar-refractivity contribution in [2.24, 2.45) is 0 Å². The zero-order chi connectivity index (χ0) is 11.5. The molecule has 0 aliphatic heterocycles. The number of alkyl halides is 2. The summed E-state index contributed by atoms with van der Waals surface area (Å²) in [7, 11) is 0. The average Bonchev–Trinajstić information content (AvgIpc) is 2.69. The number of fused-ring (bicyclic) bond motifs is 1. The Morgan fingerprint density at radius 3 is 2.88 bits per heavy atom. The van der Waals surface area contributed by atoms with Gasteiger partial charge in [-0.15, -0.1) is 0 Å². The lowest BCUT2D eigenvalue weighted by atomic mass is 10.1. The first-order valence-corrected chi connectivity index (χ1v) is 4.81. The van der Waals surface area contributed by atoms with E-state index in [0.29, 0.717) is 5.56 Å². The number of carbonyl (C=O) groups excluding carboxylic acids is 1. The van der Waals surface area contributed by atoms with Gasteiger partial charge in [-0.3, -0.25) is 4.79 Å². The summed E-state index contributed by atoms with van der Waals surface area (Å²) in [4.78, 5) is 14.5. The summed E-state index contributed by atoms with van der Waals surface area (Å²) in [6, 6.07) is 7.21. The highest BCUT2D eigenvalue weighted by atomic mass is 19.3. The van der Waals surface area contributed by atoms with Crippen LogP contribution in [0.2, 0.25) is 0 Å². The Bertz CT molecular complexity index is 507. The number of H-pyrrole nitrogens is 1. The molecule has 1 heterocycles. The van der Waals surface area contributed by atoms with Crippen molar-refractivity contribution >= 4 is 16.8 Å². The quantitative estimate of drug-likeness (QED) is 0.824. The zero-order valence-electron chi connectivity index (χ0n) is 8.34. The van der Waals surface area contributed by atoms with E-state index in [4.69, 9.17) is 0 Å². The number of halogens is 2. The van der Waals surface area contributed by atoms with E-state index in [1.54, 1.807) is 12.1 Å². The molecule has 0 bridgehead atoms. The first-order valence-electron chi connectivity index (χ1n) is 4.81. The predicted molar refractivity (Wildman–Crippen MR) is 56.6 cm³/mol. The third kappa shape index (κ3) is 2.03. The van der Waals surface area contributed by atoms with Crippen LogP contribution in [-0.2, 0) is 0 Å². The number of benzene rings is 1. The molecule has 0 saturated carbocycles. The van der Waals surface area contributed by atoms with Crippen LogP contribution in [0.15, 0.2) is 30.5 Å². The SMILES string of the molecule is O=C(NCC(F)F)c1c[nH]c2ccccc12. The van der Waals surface area contributed by atoms with Crippen LogP contribution in [0, 0.1) is 0 Å². The van der Waals surface area contributed by atoms with Crippen LogP contribution < -0.4 is 5.32 Å². The summed E-state index contributed by atoms with van der Waals surface area (Å²) in [6.45, 7) is -0.627. The van der Waals surface area contributed by atoms with Crippen LogP contribution in [0.5, 0.6) is 0 Å². The molecule has 3 nitrogen and oxygen atoms in total. The maximum Gasteiger partial charge on any atom is 0.255 e. The van der Waals surface area contributed by atoms with Gasteiger partial charge in [-0.05, 0) is 6.07 Å². The largest absolute Gasteiger partial charge is 0.360 e. The second-order valence-electron chi connectivity index (χ2n) is 3.35. The van der Waals surface area contributed by atoms with Crippen molar-refractivity contribution in [3.05, 3.63) is 36.0 Å². The first-order chi connectivity index (χ1) is 7.68. The highest BCUT2D eigenvalue weighted by Gasteiger charge is 2.12. The van der Waals surface area contributed by atoms with Crippen LogP contribution in [0.3, 0.4) is 0 Å². The average molecular weight is 224 g/mol. The smallest absolute Gasteiger partial charge is 0.255 e. The van der Waals surface area contributed by atoms with Gasteiger partial charge >= 0.3 is 0 Å². The van der Waals surface area contributed by atoms with Crippen molar-refractivity contribution in [1.29, 1.82) is 0 Å². The minimum Gasteiger partial charge on any atom is -0.360 e. The van der Waals surface area contributed by atoms with E-state index in [1.165, 1.54) is 6.20 Å². The summed E-state index contributed by atoms with van der Waals surface area (Å²) in [5, 5.41) is 2.90. The Morgan fingerprint density at radius 1 is 1.38 bits per heavy atom. The van der Waals surface area contributed by atoms with Gasteiger partial charge in [0, 0.05) is 17.1 Å². The summed E-state index contributed by atoms with van der Waals surface area (Å²) in [6.07, 6.45) is -1.01. The summed E-state index contributed by atoms with van der Waals surface area (Å²) in [5.41, 5.74) is 1.20. The van der Waals surface area contributed by atoms with Gasteiger partial charge in [0.1, 0.15) is 0 Å². The van der Waals surface area contributed by atoms with Gasteiger partial charge in [0.05, 0.1) is 12.1 Å². The summed E-state index contributed by atoms with van der Waals surface area (Å²) in [5.74, 6) is -0.488. The molecule has 2 N–H and O–H groups in total. The molecule has 0 spiro atoms. The Balaban J connectivity index is 2.23. The fourth-order valence-corrected chi connectivity index (χ4v) is 1.52. The number of carbonyl (C=O) groups is 1. The minimum atomic E-state index is -2.53. The van der Waals surface area contributed by atoms with Crippen molar-refractivity contribution in [3.63, 3.8) is 0 Å². The molecule has 0 radical (unpaired) electrons. The zero-order valence-corrected chi connectivity index (χ0v) is 8.34. The fraction of sp³-hybridized carbons (Fsp3) is 0.182. The molecule has 1 amide bonds. The molecule has 0 aliphatic rings. The molecule has 84 valence electrons. The molecule has 0 aliphatic carbocycles. The van der Waals surface area contributed by atoms with Crippen molar-refractivity contribution in [2.75, 3.05) is 6.54 Å². The van der Waals surface area contributed by atoms with E-state index in [-0.39, 0.29) is 0 Å². The summed E-state index contributed by atoms with van der Waals surface area (Å²) >= 11 is 0. The number of hydrogen-bond acceptors (Lipinski definition) is 1. The molecule has 1 aromatic carbocycles. The fourth-order valence-electron chi connectivity index (χ4n) is 1.52. The maximum absolute atomic E-state index is 11.9. The van der Waals surface area contributed by atoms with Crippen molar-refractivity contribution < 1.29 is 13.6 Å². The van der Waals surface area contributed by atoms with Gasteiger partial charge in [-0.2, -0.15) is 0 Å². The van der Waals surface area contributed by atoms with E-state index in [9.17, 15) is 13.6 Å². The van der Waals surface area contributed by atoms with Crippen LogP contribution in [-0.4, -0.2) is 23.9 Å². The van der Waals surface area contributed by atoms with Gasteiger partial charge in [0.25, 0.3) is 12.3 Å². The molecular formula is C11H10F2N2O. The van der Waals surface area contributed by atoms with Crippen molar-refractivity contribution in [3.8, 4) is 0 Å². The van der Waals surface area contributed by atoms with Gasteiger partial charge in [0.2, 0.25) is 0 Å². The predicted octanol–water partition coefficient (Wildman–Crippen LogP) is 2.16. The lowest BCUT2D eigenvalue weighted by Gasteiger charge is -2.02. The molecule has 0 fully saturated rings. The van der Waals surface area contributed by atoms with E-state index < -0.39 is 18.9 Å². The lowest BCUT2D eigenvalue weighted by molar-refractivity contribution is 0.0893. The standard InChI is InChI=1S/C11H10F2N2O/c12-10(13)6-15-11(16)8-5-14-9-4-2-1-3-7(8)9/h1-5,10,14H,6H2,(H,15,16). The summed E-state index contributed by atoms with van der Waals surface area (Å²) < 4.78 is 23.9. The number of rotatable bonds is 3. The number of aromatic amines is 1. The van der Waals surface area contributed by atoms with Crippen LogP contribution in [0.25, 0.3) is 10.9 Å². The third-order valence-electron chi connectivity index (χ3n) is 2.25. The molecule has 0 atom stereocenters. The first kappa shape index (κ1) is 10.6. The Kier molecular flexibility index (Phi) is 2.85. The molecule has 2 aromatic rings. The number of amides is 1. The van der Waals surface area contributed by atoms with Crippen LogP contribution in [0.1, 0.15) is 10.4 Å². The highest BCUT2D eigenvalue weighted by molar-refractivity contribution is 6.06. The number of nitrogens with one attached hydrogen (secondary N) is 2. The second kappa shape index (κ2) is 4.30. The number of aromatic nitrogens is 1. The molecule has 0 saturated heterocycles. The maximum atomic E-state index is 11.9. The molecule has 2 rings (SSSR count). The van der Waals surface area contributed by atoms with E-state index in [2.05, 4.69) is 10.3 Å². The molecule has 1 aromatic heterocycles. The van der Waals surface area contributed by atoms with Crippen LogP contribution in [0.4, 0.5) is 8.78 Å². The lowest BCUT2D eigenvalue weighted by Crippen LogP contribution is -2.28. The van der Waals surface area contributed by atoms with Gasteiger partial charge < -0.3 is 10.3 Å². The van der Waals surface area contributed by atoms with Gasteiger partial charge in [-0.25, -0.2) is 8.78 Å². The van der Waals surface area contributed by atoms with Crippen LogP contribution >= 0.6 is 0 Å². The van der Waals surface area contributed by atoms with E-state index in [0.717, 1.165) is 10.9 Å². The number of hydrogen-bond donors (Lipinski definition) is 2. The molecule has 0 unspecified atom stereocenters. The Hall–Kier alpha value is -1.91. The van der Waals surface area contributed by atoms with E-state index >= 15 is 0 Å². The van der Waals surface area contributed by atoms with Crippen molar-refractivity contribution in [2.45, 2.75) is 6.43 Å². The highest BCUT2D eigenvalue weighted by Crippen LogP contribution is 2.17. The Labute approximate surface area is 90.5 Å². The Morgan fingerprint density at radius 2 is 2.12 bits per heavy atom. The monoisotopic (exact) mass is 224 g/mol. The van der Waals surface area contributed by atoms with Gasteiger partial charge in [0.15, 0.2) is 0 Å². The van der Waals surface area contributed by atoms with Crippen molar-refractivity contribution in [1.82, 2.24) is 10.3 Å². The molecule has 16 heavy (non-hydrogen) atoms. The van der Waals surface area contributed by atoms with E-state index in [1.807, 2.05) is 12.1 Å². The topological polar surface area (TPSA) is 44.9 Å². The molecular weight excluding hydrogens is 214 g/mol. The molecule has 5 heteroatoms.